The molecule has 0 aliphatic carbocycles. The van der Waals surface area contributed by atoms with Gasteiger partial charge in [-0.05, 0) is 0 Å². The number of hydrogen-bond acceptors (Lipinski definition) is 0. The zero-order valence-corrected chi connectivity index (χ0v) is 10.8. The molecule has 0 spiro atoms. The van der Waals surface area contributed by atoms with Crippen LogP contribution in [0.2, 0.25) is 22.8 Å². The van der Waals surface area contributed by atoms with Crippen LogP contribution >= 0.6 is 0 Å². The summed E-state index contributed by atoms with van der Waals surface area (Å²) in [6.45, 7) is 0. The fourth-order valence-corrected chi connectivity index (χ4v) is 45.8. The fourth-order valence-electron chi connectivity index (χ4n) is 0.327. The summed E-state index contributed by atoms with van der Waals surface area (Å²) in [4.78, 5) is 0. The first-order valence-corrected chi connectivity index (χ1v) is 19.2. The van der Waals surface area contributed by atoms with Crippen molar-refractivity contribution in [2.24, 2.45) is 0 Å². The molecule has 0 saturated heterocycles. The van der Waals surface area contributed by atoms with E-state index in [9.17, 15) is 0 Å². The molecule has 0 aliphatic heterocycles. The van der Waals surface area contributed by atoms with Crippen LogP contribution in [0.1, 0.15) is 0 Å². The molecule has 44 valence electrons. The van der Waals surface area contributed by atoms with Crippen LogP contribution in [-0.2, 0) is 0 Å². The monoisotopic (exact) mass is 290 g/mol. The summed E-state index contributed by atoms with van der Waals surface area (Å²) in [6.07, 6.45) is 0. The first-order valence-electron chi connectivity index (χ1n) is 2.15. The molecule has 0 aromatic heterocycles. The molecule has 0 fully saturated rings. The van der Waals surface area contributed by atoms with Crippen LogP contribution in [0.3, 0.4) is 0 Å². The van der Waals surface area contributed by atoms with Gasteiger partial charge in [0.15, 0.2) is 0 Å². The molecule has 0 N–H and O–H groups in total. The van der Waals surface area contributed by atoms with Crippen LogP contribution in [-0.4, -0.2) is 36.5 Å². The zero-order valence-electron chi connectivity index (χ0n) is 5.30. The van der Waals surface area contributed by atoms with Gasteiger partial charge in [0.1, 0.15) is 0 Å². The summed E-state index contributed by atoms with van der Waals surface area (Å²) in [6, 6.07) is 0. The molecule has 0 atom stereocenters. The van der Waals surface area contributed by atoms with Crippen LogP contribution in [0.25, 0.3) is 0 Å². The Bertz CT molecular complexity index is 39.0. The van der Waals surface area contributed by atoms with E-state index in [-0.39, 0.29) is 25.5 Å². The van der Waals surface area contributed by atoms with Crippen LogP contribution in [0.4, 0.5) is 0 Å². The van der Waals surface area contributed by atoms with Crippen molar-refractivity contribution < 1.29 is 0 Å². The molecule has 0 saturated carbocycles. The minimum absolute atomic E-state index is 0.156. The molecule has 0 radical (unpaired) electrons. The molecule has 0 bridgehead atoms. The van der Waals surface area contributed by atoms with Crippen molar-refractivity contribution in [1.82, 2.24) is 0 Å². The Morgan fingerprint density at radius 3 is 1.14 bits per heavy atom. The van der Waals surface area contributed by atoms with E-state index in [1.165, 1.54) is 10.9 Å². The molecule has 7 heavy (non-hydrogen) atoms. The molecule has 0 rings (SSSR count). The van der Waals surface area contributed by atoms with E-state index < -0.39 is 0 Å². The molecular weight excluding hydrogens is 277 g/mol. The summed E-state index contributed by atoms with van der Waals surface area (Å²) in [5.41, 5.74) is 9.90. The van der Waals surface area contributed by atoms with E-state index in [1.807, 2.05) is 0 Å². The summed E-state index contributed by atoms with van der Waals surface area (Å²) in [7, 11) is 1.17. The van der Waals surface area contributed by atoms with Gasteiger partial charge in [-0.3, -0.25) is 0 Å². The van der Waals surface area contributed by atoms with E-state index in [0.29, 0.717) is 0 Å². The average Bonchev–Trinajstić information content (AvgIpc) is 1.27. The Kier molecular flexibility index (Phi) is 5.56. The summed E-state index contributed by atoms with van der Waals surface area (Å²) < 4.78 is 0. The van der Waals surface area contributed by atoms with Gasteiger partial charge in [-0.2, -0.15) is 0 Å². The summed E-state index contributed by atoms with van der Waals surface area (Å²) in [5.74, 6) is 0. The van der Waals surface area contributed by atoms with E-state index in [1.54, 1.807) is 0 Å². The van der Waals surface area contributed by atoms with Crippen molar-refractivity contribution in [2.75, 3.05) is 0 Å². The number of hydrogen-bond donors (Lipinski definition) is 0. The molecule has 0 nitrogen and oxygen atoms in total. The Morgan fingerprint density at radius 2 is 1.14 bits per heavy atom. The third kappa shape index (κ3) is 7.64. The standard InChI is InChI=1S/C4H12As2Se/c1-5(2)7-6(3)4/h1-4H3. The molecule has 0 amide bonds. The third-order valence-corrected chi connectivity index (χ3v) is 45.8. The average molecular weight is 289 g/mol. The van der Waals surface area contributed by atoms with Gasteiger partial charge in [-0.25, -0.2) is 0 Å². The summed E-state index contributed by atoms with van der Waals surface area (Å²) in [5, 5.41) is 0. The van der Waals surface area contributed by atoms with Crippen molar-refractivity contribution in [3.63, 3.8) is 0 Å². The maximum absolute atomic E-state index is 2.47. The van der Waals surface area contributed by atoms with E-state index in [0.717, 1.165) is 0 Å². The SMILES string of the molecule is C[As](C)[Se][As](C)C. The normalized spacial score (nSPS) is 11.1. The van der Waals surface area contributed by atoms with Crippen molar-refractivity contribution in [3.05, 3.63) is 0 Å². The third-order valence-electron chi connectivity index (χ3n) is 0.327. The Hall–Kier alpha value is 1.64. The van der Waals surface area contributed by atoms with Gasteiger partial charge < -0.3 is 0 Å². The van der Waals surface area contributed by atoms with Crippen LogP contribution < -0.4 is 0 Å². The van der Waals surface area contributed by atoms with Gasteiger partial charge in [-0.15, -0.1) is 0 Å². The molecule has 0 aliphatic rings. The van der Waals surface area contributed by atoms with Crippen molar-refractivity contribution in [2.45, 2.75) is 22.8 Å². The van der Waals surface area contributed by atoms with Gasteiger partial charge in [-0.1, -0.05) is 0 Å². The van der Waals surface area contributed by atoms with Gasteiger partial charge in [0, 0.05) is 0 Å². The van der Waals surface area contributed by atoms with Crippen LogP contribution in [0, 0.1) is 0 Å². The molecule has 0 heterocycles. The van der Waals surface area contributed by atoms with E-state index in [2.05, 4.69) is 22.8 Å². The fraction of sp³-hybridized carbons (Fsp3) is 1.00. The van der Waals surface area contributed by atoms with Crippen molar-refractivity contribution >= 4 is 36.5 Å². The molecule has 0 unspecified atom stereocenters. The van der Waals surface area contributed by atoms with Gasteiger partial charge in [0.25, 0.3) is 0 Å². The first-order chi connectivity index (χ1) is 3.13. The Balaban J connectivity index is 2.95. The van der Waals surface area contributed by atoms with E-state index in [4.69, 9.17) is 0 Å². The first kappa shape index (κ1) is 8.64. The second-order valence-electron chi connectivity index (χ2n) is 1.71. The van der Waals surface area contributed by atoms with Crippen molar-refractivity contribution in [1.29, 1.82) is 0 Å². The zero-order chi connectivity index (χ0) is 5.86. The summed E-state index contributed by atoms with van der Waals surface area (Å²) >= 11 is -0.312. The number of rotatable bonds is 2. The minimum atomic E-state index is -0.156. The van der Waals surface area contributed by atoms with Gasteiger partial charge in [0.2, 0.25) is 0 Å². The Labute approximate surface area is 59.0 Å². The second-order valence-corrected chi connectivity index (χ2v) is 35.8. The molecule has 0 aromatic carbocycles. The molecule has 0 aromatic rings. The topological polar surface area (TPSA) is 0 Å². The van der Waals surface area contributed by atoms with Crippen LogP contribution in [0.15, 0.2) is 0 Å². The van der Waals surface area contributed by atoms with Gasteiger partial charge >= 0.3 is 59.3 Å². The van der Waals surface area contributed by atoms with Crippen LogP contribution in [0.5, 0.6) is 0 Å². The van der Waals surface area contributed by atoms with Crippen molar-refractivity contribution in [3.8, 4) is 0 Å². The molecule has 3 heteroatoms. The Morgan fingerprint density at radius 1 is 0.857 bits per heavy atom. The quantitative estimate of drug-likeness (QED) is 0.670. The van der Waals surface area contributed by atoms with Gasteiger partial charge in [0.05, 0.1) is 0 Å². The maximum atomic E-state index is 2.47. The van der Waals surface area contributed by atoms with E-state index >= 15 is 0 Å². The predicted octanol–water partition coefficient (Wildman–Crippen LogP) is 1.19. The second kappa shape index (κ2) is 4.51. The molecular formula is C4H12As2Se. The predicted molar refractivity (Wildman–Crippen MR) is 40.7 cm³/mol.